The lowest BCUT2D eigenvalue weighted by atomic mass is 10.1. The molecule has 0 atom stereocenters. The van der Waals surface area contributed by atoms with E-state index in [0.29, 0.717) is 0 Å². The summed E-state index contributed by atoms with van der Waals surface area (Å²) in [5.74, 6) is 0. The summed E-state index contributed by atoms with van der Waals surface area (Å²) in [6, 6.07) is 15.9. The first kappa shape index (κ1) is 13.0. The van der Waals surface area contributed by atoms with Gasteiger partial charge >= 0.3 is 0 Å². The van der Waals surface area contributed by atoms with E-state index in [4.69, 9.17) is 11.0 Å². The molecular weight excluding hydrogens is 234 g/mol. The molecule has 0 heterocycles. The molecule has 0 aliphatic heterocycles. The van der Waals surface area contributed by atoms with E-state index in [0.717, 1.165) is 35.5 Å². The van der Waals surface area contributed by atoms with Gasteiger partial charge in [0.1, 0.15) is 0 Å². The molecule has 3 nitrogen and oxygen atoms in total. The van der Waals surface area contributed by atoms with Gasteiger partial charge < -0.3 is 11.1 Å². The monoisotopic (exact) mass is 251 g/mol. The number of aryl methyl sites for hydroxylation is 1. The fourth-order valence-electron chi connectivity index (χ4n) is 1.93. The van der Waals surface area contributed by atoms with Crippen LogP contribution in [-0.4, -0.2) is 6.54 Å². The lowest BCUT2D eigenvalue weighted by Gasteiger charge is -2.08. The van der Waals surface area contributed by atoms with E-state index in [2.05, 4.69) is 11.4 Å². The van der Waals surface area contributed by atoms with Gasteiger partial charge in [-0.15, -0.1) is 0 Å². The molecule has 3 N–H and O–H groups in total. The number of nitrogen functional groups attached to an aromatic ring is 1. The third-order valence-corrected chi connectivity index (χ3v) is 3.07. The second kappa shape index (κ2) is 5.92. The van der Waals surface area contributed by atoms with Crippen molar-refractivity contribution in [1.82, 2.24) is 0 Å². The molecule has 0 aromatic heterocycles. The maximum Gasteiger partial charge on any atom is 0.0994 e. The number of anilines is 2. The Morgan fingerprint density at radius 1 is 1.16 bits per heavy atom. The Balaban J connectivity index is 1.91. The molecule has 3 heteroatoms. The van der Waals surface area contributed by atoms with Crippen LogP contribution in [0.5, 0.6) is 0 Å². The zero-order valence-corrected chi connectivity index (χ0v) is 11.0. The highest BCUT2D eigenvalue weighted by Gasteiger charge is 1.99. The number of rotatable bonds is 4. The number of hydrogen-bond donors (Lipinski definition) is 2. The van der Waals surface area contributed by atoms with Crippen molar-refractivity contribution in [2.75, 3.05) is 17.6 Å². The van der Waals surface area contributed by atoms with Crippen molar-refractivity contribution in [2.45, 2.75) is 13.3 Å². The number of nitrogens with one attached hydrogen (secondary N) is 1. The molecule has 0 saturated heterocycles. The molecule has 2 aromatic carbocycles. The first-order valence-corrected chi connectivity index (χ1v) is 6.28. The predicted molar refractivity (Wildman–Crippen MR) is 78.9 cm³/mol. The van der Waals surface area contributed by atoms with Crippen LogP contribution in [0.25, 0.3) is 0 Å². The van der Waals surface area contributed by atoms with Gasteiger partial charge in [0.15, 0.2) is 0 Å². The quantitative estimate of drug-likeness (QED) is 0.821. The first-order valence-electron chi connectivity index (χ1n) is 6.28. The molecule has 2 aromatic rings. The molecule has 0 amide bonds. The molecule has 2 rings (SSSR count). The average Bonchev–Trinajstić information content (AvgIpc) is 2.41. The Morgan fingerprint density at radius 3 is 2.53 bits per heavy atom. The van der Waals surface area contributed by atoms with Crippen LogP contribution >= 0.6 is 0 Å². The van der Waals surface area contributed by atoms with Crippen LogP contribution < -0.4 is 11.1 Å². The van der Waals surface area contributed by atoms with Crippen LogP contribution in [0.3, 0.4) is 0 Å². The fraction of sp³-hybridized carbons (Fsp3) is 0.188. The molecule has 0 radical (unpaired) electrons. The van der Waals surface area contributed by atoms with Crippen molar-refractivity contribution >= 4 is 11.4 Å². The Hall–Kier alpha value is -2.47. The zero-order valence-electron chi connectivity index (χ0n) is 11.0. The minimum Gasteiger partial charge on any atom is -0.399 e. The van der Waals surface area contributed by atoms with E-state index in [1.165, 1.54) is 5.56 Å². The standard InChI is InChI=1S/C16H17N3/c1-12-10-16(7-4-14(12)11-17)19-9-8-13-2-5-15(18)6-3-13/h2-7,10,19H,8-9,18H2,1H3. The van der Waals surface area contributed by atoms with Gasteiger partial charge in [-0.05, 0) is 54.8 Å². The second-order valence-electron chi connectivity index (χ2n) is 4.56. The molecule has 0 spiro atoms. The van der Waals surface area contributed by atoms with Gasteiger partial charge in [-0.2, -0.15) is 5.26 Å². The molecular formula is C16H17N3. The normalized spacial score (nSPS) is 9.89. The first-order chi connectivity index (χ1) is 9.19. The third-order valence-electron chi connectivity index (χ3n) is 3.07. The lowest BCUT2D eigenvalue weighted by molar-refractivity contribution is 1.02. The Morgan fingerprint density at radius 2 is 1.89 bits per heavy atom. The Labute approximate surface area is 113 Å². The van der Waals surface area contributed by atoms with Crippen LogP contribution in [0.2, 0.25) is 0 Å². The smallest absolute Gasteiger partial charge is 0.0994 e. The van der Waals surface area contributed by atoms with Gasteiger partial charge in [0, 0.05) is 17.9 Å². The third kappa shape index (κ3) is 3.49. The summed E-state index contributed by atoms with van der Waals surface area (Å²) < 4.78 is 0. The van der Waals surface area contributed by atoms with Crippen molar-refractivity contribution in [2.24, 2.45) is 0 Å². The average molecular weight is 251 g/mol. The molecule has 19 heavy (non-hydrogen) atoms. The van der Waals surface area contributed by atoms with Crippen molar-refractivity contribution in [3.8, 4) is 6.07 Å². The zero-order chi connectivity index (χ0) is 13.7. The van der Waals surface area contributed by atoms with Crippen molar-refractivity contribution in [1.29, 1.82) is 5.26 Å². The van der Waals surface area contributed by atoms with E-state index in [9.17, 15) is 0 Å². The summed E-state index contributed by atoms with van der Waals surface area (Å²) in [5.41, 5.74) is 10.5. The molecule has 0 unspecified atom stereocenters. The van der Waals surface area contributed by atoms with Gasteiger partial charge in [-0.25, -0.2) is 0 Å². The van der Waals surface area contributed by atoms with Gasteiger partial charge in [-0.3, -0.25) is 0 Å². The van der Waals surface area contributed by atoms with Crippen LogP contribution in [-0.2, 0) is 6.42 Å². The summed E-state index contributed by atoms with van der Waals surface area (Å²) in [4.78, 5) is 0. The van der Waals surface area contributed by atoms with E-state index >= 15 is 0 Å². The van der Waals surface area contributed by atoms with Crippen LogP contribution in [0, 0.1) is 18.3 Å². The van der Waals surface area contributed by atoms with Crippen LogP contribution in [0.15, 0.2) is 42.5 Å². The summed E-state index contributed by atoms with van der Waals surface area (Å²) >= 11 is 0. The number of nitriles is 1. The topological polar surface area (TPSA) is 61.8 Å². The molecule has 0 saturated carbocycles. The highest BCUT2D eigenvalue weighted by atomic mass is 14.9. The summed E-state index contributed by atoms with van der Waals surface area (Å²) in [6.45, 7) is 2.80. The van der Waals surface area contributed by atoms with E-state index in [1.807, 2.05) is 49.4 Å². The minimum atomic E-state index is 0.726. The van der Waals surface area contributed by atoms with Crippen LogP contribution in [0.1, 0.15) is 16.7 Å². The van der Waals surface area contributed by atoms with Gasteiger partial charge in [-0.1, -0.05) is 12.1 Å². The van der Waals surface area contributed by atoms with E-state index in [1.54, 1.807) is 0 Å². The highest BCUT2D eigenvalue weighted by Crippen LogP contribution is 2.14. The maximum atomic E-state index is 8.88. The summed E-state index contributed by atoms with van der Waals surface area (Å²) in [7, 11) is 0. The SMILES string of the molecule is Cc1cc(NCCc2ccc(N)cc2)ccc1C#N. The maximum absolute atomic E-state index is 8.88. The predicted octanol–water partition coefficient (Wildman–Crippen LogP) is 3.10. The fourth-order valence-corrected chi connectivity index (χ4v) is 1.93. The summed E-state index contributed by atoms with van der Waals surface area (Å²) in [5, 5.41) is 12.2. The van der Waals surface area contributed by atoms with Gasteiger partial charge in [0.2, 0.25) is 0 Å². The molecule has 96 valence electrons. The largest absolute Gasteiger partial charge is 0.399 e. The van der Waals surface area contributed by atoms with Crippen molar-refractivity contribution < 1.29 is 0 Å². The van der Waals surface area contributed by atoms with Gasteiger partial charge in [0.05, 0.1) is 11.6 Å². The minimum absolute atomic E-state index is 0.726. The Kier molecular flexibility index (Phi) is 4.04. The number of nitrogens with zero attached hydrogens (tertiary/aromatic N) is 1. The number of hydrogen-bond acceptors (Lipinski definition) is 3. The number of nitrogens with two attached hydrogens (primary N) is 1. The lowest BCUT2D eigenvalue weighted by Crippen LogP contribution is -2.05. The summed E-state index contributed by atoms with van der Waals surface area (Å²) in [6.07, 6.45) is 0.944. The molecule has 0 bridgehead atoms. The van der Waals surface area contributed by atoms with Crippen molar-refractivity contribution in [3.05, 3.63) is 59.2 Å². The molecule has 0 aliphatic rings. The molecule has 0 aliphatic carbocycles. The Bertz CT molecular complexity index is 594. The van der Waals surface area contributed by atoms with E-state index < -0.39 is 0 Å². The van der Waals surface area contributed by atoms with Crippen LogP contribution in [0.4, 0.5) is 11.4 Å². The number of benzene rings is 2. The molecule has 0 fully saturated rings. The van der Waals surface area contributed by atoms with Crippen molar-refractivity contribution in [3.63, 3.8) is 0 Å². The second-order valence-corrected chi connectivity index (χ2v) is 4.56. The van der Waals surface area contributed by atoms with E-state index in [-0.39, 0.29) is 0 Å². The van der Waals surface area contributed by atoms with Gasteiger partial charge in [0.25, 0.3) is 0 Å². The highest BCUT2D eigenvalue weighted by molar-refractivity contribution is 5.51.